The van der Waals surface area contributed by atoms with E-state index in [1.807, 2.05) is 13.8 Å². The zero-order valence-corrected chi connectivity index (χ0v) is 12.9. The van der Waals surface area contributed by atoms with Gasteiger partial charge >= 0.3 is 0 Å². The largest absolute Gasteiger partial charge is 0.373 e. The first-order valence-corrected chi connectivity index (χ1v) is 6.93. The van der Waals surface area contributed by atoms with E-state index >= 15 is 0 Å². The first-order valence-electron chi connectivity index (χ1n) is 6.13. The Kier molecular flexibility index (Phi) is 4.32. The first kappa shape index (κ1) is 14.8. The van der Waals surface area contributed by atoms with Crippen molar-refractivity contribution in [2.75, 3.05) is 12.4 Å². The summed E-state index contributed by atoms with van der Waals surface area (Å²) in [6, 6.07) is 2.55. The minimum Gasteiger partial charge on any atom is -0.373 e. The van der Waals surface area contributed by atoms with Gasteiger partial charge in [-0.15, -0.1) is 0 Å². The molecule has 2 aromatic rings. The third kappa shape index (κ3) is 2.52. The van der Waals surface area contributed by atoms with Crippen LogP contribution >= 0.6 is 15.9 Å². The highest BCUT2D eigenvalue weighted by atomic mass is 79.9. The molecule has 0 aliphatic rings. The number of aromatic nitrogens is 2. The number of hydrogen-bond donors (Lipinski definition) is 1. The molecule has 1 aromatic heterocycles. The van der Waals surface area contributed by atoms with Gasteiger partial charge in [-0.3, -0.25) is 0 Å². The number of benzene rings is 1. The molecule has 0 saturated heterocycles. The molecule has 3 nitrogen and oxygen atoms in total. The van der Waals surface area contributed by atoms with Crippen LogP contribution in [-0.4, -0.2) is 17.0 Å². The third-order valence-corrected chi connectivity index (χ3v) is 3.59. The Morgan fingerprint density at radius 3 is 2.50 bits per heavy atom. The monoisotopic (exact) mass is 341 g/mol. The van der Waals surface area contributed by atoms with Crippen molar-refractivity contribution in [3.05, 3.63) is 40.1 Å². The summed E-state index contributed by atoms with van der Waals surface area (Å²) in [4.78, 5) is 8.20. The molecule has 20 heavy (non-hydrogen) atoms. The normalized spacial score (nSPS) is 10.9. The molecule has 0 radical (unpaired) electrons. The van der Waals surface area contributed by atoms with E-state index in [0.717, 1.165) is 0 Å². The lowest BCUT2D eigenvalue weighted by Crippen LogP contribution is -2.06. The predicted molar refractivity (Wildman–Crippen MR) is 78.7 cm³/mol. The van der Waals surface area contributed by atoms with Gasteiger partial charge in [-0.25, -0.2) is 18.7 Å². The third-order valence-electron chi connectivity index (χ3n) is 2.98. The highest BCUT2D eigenvalue weighted by Crippen LogP contribution is 2.36. The molecule has 0 saturated carbocycles. The quantitative estimate of drug-likeness (QED) is 0.843. The molecule has 0 amide bonds. The Morgan fingerprint density at radius 2 is 1.90 bits per heavy atom. The summed E-state index contributed by atoms with van der Waals surface area (Å²) in [6.45, 7) is 3.85. The van der Waals surface area contributed by atoms with Crippen molar-refractivity contribution in [1.29, 1.82) is 0 Å². The van der Waals surface area contributed by atoms with Crippen LogP contribution in [0, 0.1) is 11.6 Å². The minimum atomic E-state index is -0.660. The molecule has 106 valence electrons. The van der Waals surface area contributed by atoms with E-state index in [0.29, 0.717) is 11.4 Å². The topological polar surface area (TPSA) is 37.8 Å². The number of rotatable bonds is 3. The van der Waals surface area contributed by atoms with Crippen molar-refractivity contribution in [3.8, 4) is 11.3 Å². The Bertz CT molecular complexity index is 645. The fourth-order valence-corrected chi connectivity index (χ4v) is 2.42. The van der Waals surface area contributed by atoms with Crippen LogP contribution in [0.3, 0.4) is 0 Å². The molecule has 2 rings (SSSR count). The molecule has 0 aliphatic heterocycles. The van der Waals surface area contributed by atoms with Crippen LogP contribution in [0.1, 0.15) is 25.3 Å². The molecule has 1 heterocycles. The second-order valence-electron chi connectivity index (χ2n) is 4.61. The summed E-state index contributed by atoms with van der Waals surface area (Å²) in [6.07, 6.45) is 1.30. The molecule has 6 heteroatoms. The first-order chi connectivity index (χ1) is 9.47. The average molecular weight is 342 g/mol. The molecular formula is C14H14BrF2N3. The molecule has 0 atom stereocenters. The van der Waals surface area contributed by atoms with Crippen LogP contribution in [0.5, 0.6) is 0 Å². The fraction of sp³-hybridized carbons (Fsp3) is 0.286. The summed E-state index contributed by atoms with van der Waals surface area (Å²) < 4.78 is 28.5. The van der Waals surface area contributed by atoms with Crippen LogP contribution in [0.4, 0.5) is 14.6 Å². The fourth-order valence-electron chi connectivity index (χ4n) is 2.09. The average Bonchev–Trinajstić information content (AvgIpc) is 2.42. The number of hydrogen-bond acceptors (Lipinski definition) is 3. The molecule has 1 N–H and O–H groups in total. The molecule has 0 unspecified atom stereocenters. The van der Waals surface area contributed by atoms with E-state index in [2.05, 4.69) is 31.2 Å². The predicted octanol–water partition coefficient (Wildman–Crippen LogP) is 4.35. The van der Waals surface area contributed by atoms with E-state index in [1.54, 1.807) is 7.05 Å². The maximum atomic E-state index is 14.3. The zero-order valence-electron chi connectivity index (χ0n) is 11.3. The van der Waals surface area contributed by atoms with Crippen molar-refractivity contribution >= 4 is 21.7 Å². The van der Waals surface area contributed by atoms with Gasteiger partial charge in [-0.05, 0) is 34.0 Å². The van der Waals surface area contributed by atoms with Crippen LogP contribution in [0.15, 0.2) is 22.9 Å². The van der Waals surface area contributed by atoms with Gasteiger partial charge in [0.05, 0.1) is 15.7 Å². The van der Waals surface area contributed by atoms with E-state index in [-0.39, 0.29) is 21.6 Å². The number of halogens is 3. The van der Waals surface area contributed by atoms with Crippen molar-refractivity contribution in [2.24, 2.45) is 0 Å². The smallest absolute Gasteiger partial charge is 0.149 e. The Labute approximate surface area is 124 Å². The molecule has 0 bridgehead atoms. The van der Waals surface area contributed by atoms with Crippen molar-refractivity contribution in [2.45, 2.75) is 19.8 Å². The van der Waals surface area contributed by atoms with Crippen LogP contribution < -0.4 is 5.32 Å². The summed E-state index contributed by atoms with van der Waals surface area (Å²) in [5, 5.41) is 2.93. The van der Waals surface area contributed by atoms with Gasteiger partial charge in [0, 0.05) is 12.6 Å². The molecule has 0 spiro atoms. The van der Waals surface area contributed by atoms with Gasteiger partial charge < -0.3 is 5.32 Å². The molecule has 0 fully saturated rings. The Morgan fingerprint density at radius 1 is 1.20 bits per heavy atom. The van der Waals surface area contributed by atoms with E-state index in [9.17, 15) is 8.78 Å². The van der Waals surface area contributed by atoms with Crippen molar-refractivity contribution in [3.63, 3.8) is 0 Å². The number of anilines is 1. The lowest BCUT2D eigenvalue weighted by molar-refractivity contribution is 0.583. The summed E-state index contributed by atoms with van der Waals surface area (Å²) >= 11 is 3.07. The molecule has 1 aromatic carbocycles. The van der Waals surface area contributed by atoms with Gasteiger partial charge in [0.15, 0.2) is 0 Å². The SMILES string of the molecule is CNc1ncnc(-c2c(F)ccc(Br)c2F)c1C(C)C. The molecular weight excluding hydrogens is 328 g/mol. The minimum absolute atomic E-state index is 0.0198. The Hall–Kier alpha value is -1.56. The van der Waals surface area contributed by atoms with Crippen molar-refractivity contribution in [1.82, 2.24) is 9.97 Å². The Balaban J connectivity index is 2.80. The van der Waals surface area contributed by atoms with Gasteiger partial charge in [-0.2, -0.15) is 0 Å². The van der Waals surface area contributed by atoms with Gasteiger partial charge in [-0.1, -0.05) is 13.8 Å². The number of nitrogens with one attached hydrogen (secondary N) is 1. The van der Waals surface area contributed by atoms with Crippen LogP contribution in [0.25, 0.3) is 11.3 Å². The highest BCUT2D eigenvalue weighted by Gasteiger charge is 2.22. The summed E-state index contributed by atoms with van der Waals surface area (Å²) in [7, 11) is 1.71. The maximum absolute atomic E-state index is 14.3. The summed E-state index contributed by atoms with van der Waals surface area (Å²) in [5.74, 6) is -0.712. The zero-order chi connectivity index (χ0) is 14.9. The van der Waals surface area contributed by atoms with Crippen LogP contribution in [-0.2, 0) is 0 Å². The van der Waals surface area contributed by atoms with E-state index < -0.39 is 11.6 Å². The number of nitrogens with zero attached hydrogens (tertiary/aromatic N) is 2. The van der Waals surface area contributed by atoms with E-state index in [1.165, 1.54) is 18.5 Å². The van der Waals surface area contributed by atoms with Gasteiger partial charge in [0.2, 0.25) is 0 Å². The van der Waals surface area contributed by atoms with E-state index in [4.69, 9.17) is 0 Å². The molecule has 0 aliphatic carbocycles. The lowest BCUT2D eigenvalue weighted by atomic mass is 9.97. The van der Waals surface area contributed by atoms with Gasteiger partial charge in [0.25, 0.3) is 0 Å². The second-order valence-corrected chi connectivity index (χ2v) is 5.46. The standard InChI is InChI=1S/C14H14BrF2N3/c1-7(2)10-13(19-6-20-14(10)18-3)11-9(16)5-4-8(15)12(11)17/h4-7H,1-3H3,(H,18,19,20). The van der Waals surface area contributed by atoms with Crippen LogP contribution in [0.2, 0.25) is 0 Å². The second kappa shape index (κ2) is 5.83. The maximum Gasteiger partial charge on any atom is 0.149 e. The lowest BCUT2D eigenvalue weighted by Gasteiger charge is -2.16. The van der Waals surface area contributed by atoms with Crippen molar-refractivity contribution < 1.29 is 8.78 Å². The van der Waals surface area contributed by atoms with Gasteiger partial charge in [0.1, 0.15) is 23.8 Å². The highest BCUT2D eigenvalue weighted by molar-refractivity contribution is 9.10. The summed E-state index contributed by atoms with van der Waals surface area (Å²) in [5.41, 5.74) is 0.823.